The molecule has 0 bridgehead atoms. The van der Waals surface area contributed by atoms with Crippen molar-refractivity contribution < 1.29 is 4.79 Å². The Balaban J connectivity index is 1.69. The summed E-state index contributed by atoms with van der Waals surface area (Å²) in [5.74, 6) is 0.0611. The highest BCUT2D eigenvalue weighted by Gasteiger charge is 2.22. The van der Waals surface area contributed by atoms with E-state index >= 15 is 0 Å². The molecule has 1 N–H and O–H groups in total. The van der Waals surface area contributed by atoms with Crippen molar-refractivity contribution in [2.24, 2.45) is 0 Å². The molecule has 1 aliphatic carbocycles. The topological polar surface area (TPSA) is 67.2 Å². The highest BCUT2D eigenvalue weighted by atomic mass is 35.5. The highest BCUT2D eigenvalue weighted by molar-refractivity contribution is 8.00. The predicted molar refractivity (Wildman–Crippen MR) is 119 cm³/mol. The Kier molecular flexibility index (Phi) is 7.75. The lowest BCUT2D eigenvalue weighted by molar-refractivity contribution is -0.113. The fraction of sp³-hybridized carbons (Fsp3) is 0.476. The van der Waals surface area contributed by atoms with Crippen molar-refractivity contribution >= 4 is 35.0 Å². The third-order valence-electron chi connectivity index (χ3n) is 5.18. The third kappa shape index (κ3) is 5.62. The van der Waals surface area contributed by atoms with Gasteiger partial charge in [-0.05, 0) is 50.6 Å². The van der Waals surface area contributed by atoms with Gasteiger partial charge < -0.3 is 10.2 Å². The van der Waals surface area contributed by atoms with Crippen LogP contribution >= 0.6 is 23.4 Å². The molecule has 0 aliphatic heterocycles. The van der Waals surface area contributed by atoms with Crippen LogP contribution in [0.3, 0.4) is 0 Å². The highest BCUT2D eigenvalue weighted by Crippen LogP contribution is 2.29. The minimum absolute atomic E-state index is 0.142. The minimum atomic E-state index is -0.212. The van der Waals surface area contributed by atoms with Gasteiger partial charge in [0.15, 0.2) is 0 Å². The first-order valence-corrected chi connectivity index (χ1v) is 11.4. The van der Waals surface area contributed by atoms with Gasteiger partial charge in [0.25, 0.3) is 0 Å². The van der Waals surface area contributed by atoms with Crippen LogP contribution in [0.2, 0.25) is 5.02 Å². The number of likely N-dealkylation sites (N-methyl/N-ethyl adjacent to an activating group) is 1. The average molecular weight is 435 g/mol. The second kappa shape index (κ2) is 10.3. The van der Waals surface area contributed by atoms with Gasteiger partial charge in [-0.25, -0.2) is 4.79 Å². The number of aromatic nitrogens is 2. The molecule has 0 spiro atoms. The van der Waals surface area contributed by atoms with Crippen molar-refractivity contribution in [3.8, 4) is 0 Å². The van der Waals surface area contributed by atoms with Crippen LogP contribution < -0.4 is 11.0 Å². The summed E-state index contributed by atoms with van der Waals surface area (Å²) in [6.07, 6.45) is 2.83. The quantitative estimate of drug-likeness (QED) is 0.483. The zero-order valence-electron chi connectivity index (χ0n) is 16.9. The lowest BCUT2D eigenvalue weighted by atomic mass is 10.2. The van der Waals surface area contributed by atoms with E-state index in [0.29, 0.717) is 22.3 Å². The predicted octanol–water partition coefficient (Wildman–Crippen LogP) is 3.46. The fourth-order valence-electron chi connectivity index (χ4n) is 3.61. The van der Waals surface area contributed by atoms with Crippen LogP contribution in [0, 0.1) is 0 Å². The van der Waals surface area contributed by atoms with Crippen LogP contribution in [0.25, 0.3) is 0 Å². The Morgan fingerprint density at radius 1 is 1.31 bits per heavy atom. The number of amides is 1. The second-order valence-corrected chi connectivity index (χ2v) is 8.40. The summed E-state index contributed by atoms with van der Waals surface area (Å²) in [6, 6.07) is 7.05. The van der Waals surface area contributed by atoms with E-state index in [-0.39, 0.29) is 17.3 Å². The SMILES string of the molecule is CCN(CC)CCn1c2c(c(SCC(=O)Nc3cccc(Cl)c3)nc1=O)CCC2. The summed E-state index contributed by atoms with van der Waals surface area (Å²) in [6.45, 7) is 7.70. The monoisotopic (exact) mass is 434 g/mol. The Labute approximate surface area is 180 Å². The van der Waals surface area contributed by atoms with Gasteiger partial charge >= 0.3 is 5.69 Å². The number of benzene rings is 1. The van der Waals surface area contributed by atoms with Crippen molar-refractivity contribution in [2.45, 2.75) is 44.7 Å². The zero-order valence-corrected chi connectivity index (χ0v) is 18.5. The standard InChI is InChI=1S/C21H27ClN4O2S/c1-3-25(4-2)11-12-26-18-10-6-9-17(18)20(24-21(26)28)29-14-19(27)23-16-8-5-7-15(22)13-16/h5,7-8,13H,3-4,6,9-12,14H2,1-2H3,(H,23,27). The number of anilines is 1. The summed E-state index contributed by atoms with van der Waals surface area (Å²) in [5.41, 5.74) is 2.67. The molecule has 156 valence electrons. The molecule has 3 rings (SSSR count). The average Bonchev–Trinajstić information content (AvgIpc) is 3.18. The van der Waals surface area contributed by atoms with E-state index in [0.717, 1.165) is 50.2 Å². The number of thioether (sulfide) groups is 1. The maximum absolute atomic E-state index is 12.7. The van der Waals surface area contributed by atoms with Crippen molar-refractivity contribution in [3.05, 3.63) is 51.0 Å². The molecule has 1 amide bonds. The summed E-state index contributed by atoms with van der Waals surface area (Å²) >= 11 is 7.29. The number of fused-ring (bicyclic) bond motifs is 1. The van der Waals surface area contributed by atoms with Crippen LogP contribution in [0.1, 0.15) is 31.5 Å². The molecule has 8 heteroatoms. The lowest BCUT2D eigenvalue weighted by Crippen LogP contribution is -2.34. The van der Waals surface area contributed by atoms with Gasteiger partial charge in [-0.1, -0.05) is 43.3 Å². The van der Waals surface area contributed by atoms with Crippen molar-refractivity contribution in [1.82, 2.24) is 14.5 Å². The number of rotatable bonds is 9. The first-order chi connectivity index (χ1) is 14.0. The van der Waals surface area contributed by atoms with Crippen LogP contribution in [0.15, 0.2) is 34.1 Å². The lowest BCUT2D eigenvalue weighted by Gasteiger charge is -2.20. The molecule has 1 aliphatic rings. The van der Waals surface area contributed by atoms with E-state index in [2.05, 4.69) is 29.0 Å². The summed E-state index contributed by atoms with van der Waals surface area (Å²) in [5, 5.41) is 4.10. The molecular weight excluding hydrogens is 408 g/mol. The normalized spacial score (nSPS) is 13.0. The van der Waals surface area contributed by atoms with Gasteiger partial charge in [0, 0.05) is 35.1 Å². The van der Waals surface area contributed by atoms with Gasteiger partial charge in [0.2, 0.25) is 5.91 Å². The van der Waals surface area contributed by atoms with Gasteiger partial charge in [0.1, 0.15) is 5.03 Å². The number of carbonyl (C=O) groups is 1. The number of hydrogen-bond acceptors (Lipinski definition) is 5. The van der Waals surface area contributed by atoms with Gasteiger partial charge in [-0.2, -0.15) is 4.98 Å². The largest absolute Gasteiger partial charge is 0.348 e. The molecule has 0 saturated carbocycles. The molecule has 0 radical (unpaired) electrons. The number of nitrogens with one attached hydrogen (secondary N) is 1. The minimum Gasteiger partial charge on any atom is -0.325 e. The Hall–Kier alpha value is -1.83. The van der Waals surface area contributed by atoms with Gasteiger partial charge in [-0.3, -0.25) is 9.36 Å². The van der Waals surface area contributed by atoms with Crippen molar-refractivity contribution in [2.75, 3.05) is 30.7 Å². The van der Waals surface area contributed by atoms with Crippen molar-refractivity contribution in [3.63, 3.8) is 0 Å². The molecule has 29 heavy (non-hydrogen) atoms. The molecule has 1 heterocycles. The molecule has 2 aromatic rings. The summed E-state index contributed by atoms with van der Waals surface area (Å²) < 4.78 is 1.83. The molecule has 6 nitrogen and oxygen atoms in total. The number of nitrogens with zero attached hydrogens (tertiary/aromatic N) is 3. The van der Waals surface area contributed by atoms with Crippen LogP contribution in [-0.2, 0) is 24.2 Å². The molecule has 0 saturated heterocycles. The van der Waals surface area contributed by atoms with Gasteiger partial charge in [-0.15, -0.1) is 0 Å². The van der Waals surface area contributed by atoms with E-state index in [1.807, 2.05) is 4.57 Å². The number of hydrogen-bond donors (Lipinski definition) is 1. The smallest absolute Gasteiger partial charge is 0.325 e. The Morgan fingerprint density at radius 3 is 2.83 bits per heavy atom. The molecular formula is C21H27ClN4O2S. The third-order valence-corrected chi connectivity index (χ3v) is 6.44. The maximum Gasteiger partial charge on any atom is 0.348 e. The van der Waals surface area contributed by atoms with E-state index < -0.39 is 0 Å². The first-order valence-electron chi connectivity index (χ1n) is 10.0. The number of carbonyl (C=O) groups excluding carboxylic acids is 1. The first kappa shape index (κ1) is 21.9. The molecule has 0 atom stereocenters. The van der Waals surface area contributed by atoms with E-state index in [1.54, 1.807) is 24.3 Å². The van der Waals surface area contributed by atoms with Crippen LogP contribution in [-0.4, -0.2) is 45.7 Å². The summed E-state index contributed by atoms with van der Waals surface area (Å²) in [7, 11) is 0. The van der Waals surface area contributed by atoms with E-state index in [4.69, 9.17) is 11.6 Å². The Bertz CT molecular complexity index is 927. The maximum atomic E-state index is 12.7. The van der Waals surface area contributed by atoms with Gasteiger partial charge in [0.05, 0.1) is 5.75 Å². The van der Waals surface area contributed by atoms with E-state index in [1.165, 1.54) is 11.8 Å². The number of halogens is 1. The molecule has 1 aromatic carbocycles. The van der Waals surface area contributed by atoms with Crippen LogP contribution in [0.5, 0.6) is 0 Å². The second-order valence-electron chi connectivity index (χ2n) is 7.00. The molecule has 1 aromatic heterocycles. The molecule has 0 unspecified atom stereocenters. The van der Waals surface area contributed by atoms with E-state index in [9.17, 15) is 9.59 Å². The Morgan fingerprint density at radius 2 is 2.10 bits per heavy atom. The molecule has 0 fully saturated rings. The fourth-order valence-corrected chi connectivity index (χ4v) is 4.68. The summed E-state index contributed by atoms with van der Waals surface area (Å²) in [4.78, 5) is 31.6. The van der Waals surface area contributed by atoms with Crippen molar-refractivity contribution in [1.29, 1.82) is 0 Å². The zero-order chi connectivity index (χ0) is 20.8. The van der Waals surface area contributed by atoms with Crippen LogP contribution in [0.4, 0.5) is 5.69 Å².